The van der Waals surface area contributed by atoms with Crippen molar-refractivity contribution in [1.82, 2.24) is 9.73 Å². The van der Waals surface area contributed by atoms with Crippen molar-refractivity contribution in [3.8, 4) is 17.2 Å². The van der Waals surface area contributed by atoms with Gasteiger partial charge in [0.2, 0.25) is 15.9 Å². The number of piperidine rings is 1. The predicted octanol–water partition coefficient (Wildman–Crippen LogP) is 3.83. The van der Waals surface area contributed by atoms with Gasteiger partial charge in [-0.3, -0.25) is 4.79 Å². The van der Waals surface area contributed by atoms with Gasteiger partial charge in [-0.2, -0.15) is 9.41 Å². The van der Waals surface area contributed by atoms with E-state index in [2.05, 4.69) is 10.5 Å². The topological polar surface area (TPSA) is 107 Å². The van der Waals surface area contributed by atoms with Gasteiger partial charge in [0.25, 0.3) is 0 Å². The molecule has 3 aromatic rings. The zero-order valence-corrected chi connectivity index (χ0v) is 22.2. The van der Waals surface area contributed by atoms with Crippen LogP contribution < -0.4 is 19.6 Å². The van der Waals surface area contributed by atoms with E-state index in [1.165, 1.54) is 30.7 Å². The first-order valence-corrected chi connectivity index (χ1v) is 13.7. The van der Waals surface area contributed by atoms with Gasteiger partial charge < -0.3 is 14.2 Å². The van der Waals surface area contributed by atoms with Crippen molar-refractivity contribution in [1.29, 1.82) is 0 Å². The number of hydrazone groups is 1. The highest BCUT2D eigenvalue weighted by Crippen LogP contribution is 2.32. The molecule has 1 N–H and O–H groups in total. The van der Waals surface area contributed by atoms with Crippen molar-refractivity contribution < 1.29 is 27.4 Å². The number of carbonyl (C=O) groups is 1. The number of ether oxygens (including phenoxy) is 3. The summed E-state index contributed by atoms with van der Waals surface area (Å²) in [7, 11) is -0.777. The number of rotatable bonds is 10. The molecule has 0 spiro atoms. The molecule has 1 aliphatic heterocycles. The second-order valence-electron chi connectivity index (χ2n) is 8.78. The van der Waals surface area contributed by atoms with Crippen LogP contribution in [0.5, 0.6) is 17.2 Å². The largest absolute Gasteiger partial charge is 0.493 e. The molecule has 0 aromatic heterocycles. The molecule has 1 heterocycles. The number of benzene rings is 3. The molecule has 1 fully saturated rings. The number of amides is 1. The summed E-state index contributed by atoms with van der Waals surface area (Å²) in [6.45, 7) is 0.928. The highest BCUT2D eigenvalue weighted by Gasteiger charge is 2.32. The average molecular weight is 538 g/mol. The van der Waals surface area contributed by atoms with E-state index in [1.54, 1.807) is 12.3 Å². The molecule has 0 bridgehead atoms. The van der Waals surface area contributed by atoms with Crippen LogP contribution in [-0.2, 0) is 21.4 Å². The number of sulfonamides is 1. The van der Waals surface area contributed by atoms with Crippen LogP contribution in [-0.4, -0.2) is 52.2 Å². The Bertz CT molecular complexity index is 1370. The van der Waals surface area contributed by atoms with E-state index >= 15 is 0 Å². The van der Waals surface area contributed by atoms with E-state index in [9.17, 15) is 13.2 Å². The minimum atomic E-state index is -3.72. The van der Waals surface area contributed by atoms with Gasteiger partial charge in [0.15, 0.2) is 11.5 Å². The molecule has 0 unspecified atom stereocenters. The van der Waals surface area contributed by atoms with Crippen LogP contribution >= 0.6 is 0 Å². The Balaban J connectivity index is 1.28. The van der Waals surface area contributed by atoms with E-state index in [-0.39, 0.29) is 29.8 Å². The number of hydrogen-bond donors (Lipinski definition) is 1. The first-order valence-electron chi connectivity index (χ1n) is 12.2. The Labute approximate surface area is 223 Å². The fraction of sp³-hybridized carbons (Fsp3) is 0.286. The van der Waals surface area contributed by atoms with E-state index < -0.39 is 10.0 Å². The smallest absolute Gasteiger partial charge is 0.243 e. The normalized spacial score (nSPS) is 14.8. The monoisotopic (exact) mass is 537 g/mol. The average Bonchev–Trinajstić information content (AvgIpc) is 2.96. The Morgan fingerprint density at radius 1 is 0.974 bits per heavy atom. The molecule has 3 aromatic carbocycles. The third-order valence-corrected chi connectivity index (χ3v) is 8.21. The zero-order chi connectivity index (χ0) is 27.0. The Kier molecular flexibility index (Phi) is 8.98. The highest BCUT2D eigenvalue weighted by molar-refractivity contribution is 7.89. The Morgan fingerprint density at radius 2 is 1.71 bits per heavy atom. The van der Waals surface area contributed by atoms with Crippen LogP contribution in [0.3, 0.4) is 0 Å². The number of nitrogens with zero attached hydrogens (tertiary/aromatic N) is 2. The maximum absolute atomic E-state index is 13.1. The number of nitrogens with one attached hydrogen (secondary N) is 1. The molecule has 0 saturated carbocycles. The summed E-state index contributed by atoms with van der Waals surface area (Å²) >= 11 is 0. The van der Waals surface area contributed by atoms with Gasteiger partial charge in [-0.15, -0.1) is 0 Å². The van der Waals surface area contributed by atoms with Crippen molar-refractivity contribution in [3.63, 3.8) is 0 Å². The zero-order valence-electron chi connectivity index (χ0n) is 21.4. The van der Waals surface area contributed by atoms with E-state index in [1.807, 2.05) is 54.6 Å². The van der Waals surface area contributed by atoms with Gasteiger partial charge in [0.1, 0.15) is 12.4 Å². The van der Waals surface area contributed by atoms with Crippen LogP contribution in [0.4, 0.5) is 0 Å². The van der Waals surface area contributed by atoms with Gasteiger partial charge in [0, 0.05) is 25.1 Å². The molecule has 4 rings (SSSR count). The quantitative estimate of drug-likeness (QED) is 0.311. The highest BCUT2D eigenvalue weighted by atomic mass is 32.2. The molecule has 10 heteroatoms. The molecule has 1 saturated heterocycles. The van der Waals surface area contributed by atoms with Crippen molar-refractivity contribution in [2.75, 3.05) is 27.3 Å². The van der Waals surface area contributed by atoms with Gasteiger partial charge >= 0.3 is 0 Å². The van der Waals surface area contributed by atoms with Gasteiger partial charge in [0.05, 0.1) is 25.3 Å². The minimum absolute atomic E-state index is 0.123. The molecule has 9 nitrogen and oxygen atoms in total. The summed E-state index contributed by atoms with van der Waals surface area (Å²) in [6.07, 6.45) is 2.36. The molecule has 0 aliphatic carbocycles. The Morgan fingerprint density at radius 3 is 2.42 bits per heavy atom. The number of carbonyl (C=O) groups excluding carboxylic acids is 1. The fourth-order valence-corrected chi connectivity index (χ4v) is 5.66. The summed E-state index contributed by atoms with van der Waals surface area (Å²) in [6, 6.07) is 21.8. The predicted molar refractivity (Wildman–Crippen MR) is 144 cm³/mol. The first kappa shape index (κ1) is 27.2. The number of methoxy groups -OCH3 is 2. The SMILES string of the molecule is COc1ccc(S(=O)(=O)N2CCC(C(=O)N/N=C\c3cccc(OCc4ccccc4)c3)CC2)cc1OC. The minimum Gasteiger partial charge on any atom is -0.493 e. The van der Waals surface area contributed by atoms with Crippen molar-refractivity contribution in [3.05, 3.63) is 83.9 Å². The van der Waals surface area contributed by atoms with Gasteiger partial charge in [-0.25, -0.2) is 13.8 Å². The summed E-state index contributed by atoms with van der Waals surface area (Å²) in [5.74, 6) is 0.931. The van der Waals surface area contributed by atoms with Crippen LogP contribution in [0.25, 0.3) is 0 Å². The van der Waals surface area contributed by atoms with E-state index in [0.29, 0.717) is 36.7 Å². The molecule has 0 atom stereocenters. The molecular formula is C28H31N3O6S. The molecule has 0 radical (unpaired) electrons. The maximum atomic E-state index is 13.1. The van der Waals surface area contributed by atoms with Crippen molar-refractivity contribution >= 4 is 22.1 Å². The third-order valence-electron chi connectivity index (χ3n) is 6.31. The van der Waals surface area contributed by atoms with E-state index in [0.717, 1.165) is 11.1 Å². The lowest BCUT2D eigenvalue weighted by atomic mass is 9.98. The molecule has 38 heavy (non-hydrogen) atoms. The lowest BCUT2D eigenvalue weighted by Crippen LogP contribution is -2.42. The standard InChI is InChI=1S/C28H31N3O6S/c1-35-26-12-11-25(18-27(26)36-2)38(33,34)31-15-13-23(14-16-31)28(32)30-29-19-22-9-6-10-24(17-22)37-20-21-7-4-3-5-8-21/h3-12,17-19,23H,13-16,20H2,1-2H3,(H,30,32)/b29-19-. The van der Waals surface area contributed by atoms with Gasteiger partial charge in [-0.1, -0.05) is 42.5 Å². The number of hydrogen-bond acceptors (Lipinski definition) is 7. The lowest BCUT2D eigenvalue weighted by Gasteiger charge is -2.30. The molecule has 200 valence electrons. The summed E-state index contributed by atoms with van der Waals surface area (Å²) in [5, 5.41) is 4.09. The molecule has 1 aliphatic rings. The summed E-state index contributed by atoms with van der Waals surface area (Å²) < 4.78 is 43.9. The van der Waals surface area contributed by atoms with E-state index in [4.69, 9.17) is 14.2 Å². The molecular weight excluding hydrogens is 506 g/mol. The van der Waals surface area contributed by atoms with Crippen LogP contribution in [0.15, 0.2) is 82.8 Å². The van der Waals surface area contributed by atoms with Crippen LogP contribution in [0.2, 0.25) is 0 Å². The lowest BCUT2D eigenvalue weighted by molar-refractivity contribution is -0.126. The summed E-state index contributed by atoms with van der Waals surface area (Å²) in [4.78, 5) is 12.8. The third kappa shape index (κ3) is 6.70. The first-order chi connectivity index (χ1) is 18.4. The van der Waals surface area contributed by atoms with Crippen LogP contribution in [0.1, 0.15) is 24.0 Å². The summed E-state index contributed by atoms with van der Waals surface area (Å²) in [5.41, 5.74) is 4.44. The fourth-order valence-electron chi connectivity index (χ4n) is 4.17. The van der Waals surface area contributed by atoms with Gasteiger partial charge in [-0.05, 0) is 48.2 Å². The second kappa shape index (κ2) is 12.6. The van der Waals surface area contributed by atoms with Crippen molar-refractivity contribution in [2.45, 2.75) is 24.3 Å². The Hall–Kier alpha value is -3.89. The maximum Gasteiger partial charge on any atom is 0.243 e. The van der Waals surface area contributed by atoms with Crippen molar-refractivity contribution in [2.24, 2.45) is 11.0 Å². The molecule has 1 amide bonds. The van der Waals surface area contributed by atoms with Crippen LogP contribution in [0, 0.1) is 5.92 Å². The second-order valence-corrected chi connectivity index (χ2v) is 10.7.